The van der Waals surface area contributed by atoms with E-state index in [2.05, 4.69) is 27.5 Å². The fourth-order valence-electron chi connectivity index (χ4n) is 1.96. The van der Waals surface area contributed by atoms with E-state index in [-0.39, 0.29) is 0 Å². The molecule has 0 unspecified atom stereocenters. The van der Waals surface area contributed by atoms with Crippen molar-refractivity contribution < 1.29 is 0 Å². The first kappa shape index (κ1) is 11.2. The number of hydrogen-bond acceptors (Lipinski definition) is 3. The number of nitriles is 1. The number of hydrogen-bond donors (Lipinski definition) is 1. The quantitative estimate of drug-likeness (QED) is 0.755. The Bertz CT molecular complexity index is 721. The lowest BCUT2D eigenvalue weighted by atomic mass is 10.0. The maximum absolute atomic E-state index is 8.94. The van der Waals surface area contributed by atoms with Crippen molar-refractivity contribution in [2.45, 2.75) is 0 Å². The monoisotopic (exact) mass is 246 g/mol. The lowest BCUT2D eigenvalue weighted by Crippen LogP contribution is -1.83. The Morgan fingerprint density at radius 3 is 2.16 bits per heavy atom. The van der Waals surface area contributed by atoms with Crippen molar-refractivity contribution in [1.29, 1.82) is 5.26 Å². The van der Waals surface area contributed by atoms with Crippen LogP contribution in [0.5, 0.6) is 0 Å². The van der Waals surface area contributed by atoms with E-state index < -0.39 is 0 Å². The predicted octanol–water partition coefficient (Wildman–Crippen LogP) is 3.01. The topological polar surface area (TPSA) is 65.4 Å². The minimum atomic E-state index is 0.382. The van der Waals surface area contributed by atoms with Crippen molar-refractivity contribution in [1.82, 2.24) is 15.4 Å². The number of rotatable bonds is 2. The molecule has 1 aromatic heterocycles. The van der Waals surface area contributed by atoms with E-state index in [4.69, 9.17) is 5.26 Å². The van der Waals surface area contributed by atoms with Crippen LogP contribution in [0.3, 0.4) is 0 Å². The van der Waals surface area contributed by atoms with E-state index in [9.17, 15) is 0 Å². The lowest BCUT2D eigenvalue weighted by molar-refractivity contribution is 0.937. The van der Waals surface area contributed by atoms with Gasteiger partial charge in [-0.1, -0.05) is 59.8 Å². The normalized spacial score (nSPS) is 10.1. The molecule has 1 heterocycles. The molecule has 2 aromatic carbocycles. The molecule has 0 bridgehead atoms. The molecular formula is C15H10N4. The minimum Gasteiger partial charge on any atom is -0.247 e. The fraction of sp³-hybridized carbons (Fsp3) is 0. The molecule has 0 fully saturated rings. The SMILES string of the molecule is N#Cc1[nH]nnc1-c1ccc(-c2ccccc2)cc1. The van der Waals surface area contributed by atoms with Crippen molar-refractivity contribution in [2.75, 3.05) is 0 Å². The average Bonchev–Trinajstić information content (AvgIpc) is 2.97. The van der Waals surface area contributed by atoms with Crippen molar-refractivity contribution in [2.24, 2.45) is 0 Å². The molecule has 0 spiro atoms. The van der Waals surface area contributed by atoms with Gasteiger partial charge in [0.15, 0.2) is 5.69 Å². The summed E-state index contributed by atoms with van der Waals surface area (Å²) in [7, 11) is 0. The first-order chi connectivity index (χ1) is 9.38. The molecule has 0 atom stereocenters. The van der Waals surface area contributed by atoms with Crippen molar-refractivity contribution >= 4 is 0 Å². The first-order valence-corrected chi connectivity index (χ1v) is 5.85. The van der Waals surface area contributed by atoms with Gasteiger partial charge in [0.1, 0.15) is 11.8 Å². The Hall–Kier alpha value is -2.93. The molecule has 90 valence electrons. The summed E-state index contributed by atoms with van der Waals surface area (Å²) in [6, 6.07) is 20.1. The van der Waals surface area contributed by atoms with Crippen LogP contribution in [0.15, 0.2) is 54.6 Å². The molecule has 0 aliphatic rings. The van der Waals surface area contributed by atoms with Gasteiger partial charge in [-0.3, -0.25) is 0 Å². The molecule has 1 N–H and O–H groups in total. The van der Waals surface area contributed by atoms with Gasteiger partial charge < -0.3 is 0 Å². The summed E-state index contributed by atoms with van der Waals surface area (Å²) >= 11 is 0. The zero-order valence-electron chi connectivity index (χ0n) is 10.0. The lowest BCUT2D eigenvalue weighted by Gasteiger charge is -2.02. The summed E-state index contributed by atoms with van der Waals surface area (Å²) in [5, 5.41) is 19.1. The average molecular weight is 246 g/mol. The van der Waals surface area contributed by atoms with E-state index >= 15 is 0 Å². The van der Waals surface area contributed by atoms with Crippen LogP contribution in [0, 0.1) is 11.3 Å². The number of benzene rings is 2. The van der Waals surface area contributed by atoms with Crippen LogP contribution in [-0.4, -0.2) is 15.4 Å². The molecule has 0 aliphatic heterocycles. The summed E-state index contributed by atoms with van der Waals surface area (Å²) in [4.78, 5) is 0. The summed E-state index contributed by atoms with van der Waals surface area (Å²) in [6.45, 7) is 0. The van der Waals surface area contributed by atoms with E-state index in [1.165, 1.54) is 0 Å². The van der Waals surface area contributed by atoms with Gasteiger partial charge in [-0.25, -0.2) is 5.10 Å². The van der Waals surface area contributed by atoms with Gasteiger partial charge in [0.25, 0.3) is 0 Å². The van der Waals surface area contributed by atoms with Gasteiger partial charge in [-0.15, -0.1) is 5.10 Å². The van der Waals surface area contributed by atoms with Crippen LogP contribution >= 0.6 is 0 Å². The van der Waals surface area contributed by atoms with Crippen LogP contribution in [0.2, 0.25) is 0 Å². The van der Waals surface area contributed by atoms with Gasteiger partial charge in [0, 0.05) is 5.56 Å². The largest absolute Gasteiger partial charge is 0.247 e. The Morgan fingerprint density at radius 1 is 0.842 bits per heavy atom. The number of aromatic nitrogens is 3. The van der Waals surface area contributed by atoms with E-state index in [0.29, 0.717) is 11.4 Å². The van der Waals surface area contributed by atoms with E-state index in [0.717, 1.165) is 16.7 Å². The summed E-state index contributed by atoms with van der Waals surface area (Å²) < 4.78 is 0. The van der Waals surface area contributed by atoms with E-state index in [1.807, 2.05) is 48.5 Å². The van der Waals surface area contributed by atoms with Gasteiger partial charge >= 0.3 is 0 Å². The first-order valence-electron chi connectivity index (χ1n) is 5.85. The third-order valence-corrected chi connectivity index (χ3v) is 2.93. The number of nitrogens with one attached hydrogen (secondary N) is 1. The smallest absolute Gasteiger partial charge is 0.163 e. The Labute approximate surface area is 110 Å². The van der Waals surface area contributed by atoms with Crippen LogP contribution in [-0.2, 0) is 0 Å². The molecule has 19 heavy (non-hydrogen) atoms. The predicted molar refractivity (Wildman–Crippen MR) is 72.0 cm³/mol. The van der Waals surface area contributed by atoms with Crippen molar-refractivity contribution in [3.8, 4) is 28.5 Å². The second-order valence-corrected chi connectivity index (χ2v) is 4.09. The molecule has 0 radical (unpaired) electrons. The molecule has 4 nitrogen and oxygen atoms in total. The highest BCUT2D eigenvalue weighted by molar-refractivity contribution is 5.70. The van der Waals surface area contributed by atoms with Crippen molar-refractivity contribution in [3.05, 3.63) is 60.3 Å². The van der Waals surface area contributed by atoms with Crippen molar-refractivity contribution in [3.63, 3.8) is 0 Å². The highest BCUT2D eigenvalue weighted by Crippen LogP contribution is 2.24. The third kappa shape index (κ3) is 2.09. The van der Waals surface area contributed by atoms with Crippen LogP contribution in [0.4, 0.5) is 0 Å². The zero-order chi connectivity index (χ0) is 13.1. The Balaban J connectivity index is 1.98. The number of aromatic amines is 1. The fourth-order valence-corrected chi connectivity index (χ4v) is 1.96. The van der Waals surface area contributed by atoms with E-state index in [1.54, 1.807) is 0 Å². The molecule has 0 saturated heterocycles. The second kappa shape index (κ2) is 4.75. The minimum absolute atomic E-state index is 0.382. The van der Waals surface area contributed by atoms with Gasteiger partial charge in [-0.2, -0.15) is 5.26 Å². The summed E-state index contributed by atoms with van der Waals surface area (Å²) in [5.74, 6) is 0. The maximum atomic E-state index is 8.94. The molecule has 3 aromatic rings. The third-order valence-electron chi connectivity index (χ3n) is 2.93. The number of nitrogens with zero attached hydrogens (tertiary/aromatic N) is 3. The van der Waals surface area contributed by atoms with Gasteiger partial charge in [0.2, 0.25) is 0 Å². The highest BCUT2D eigenvalue weighted by Gasteiger charge is 2.08. The molecule has 0 amide bonds. The maximum Gasteiger partial charge on any atom is 0.163 e. The van der Waals surface area contributed by atoms with Crippen LogP contribution in [0.1, 0.15) is 5.69 Å². The van der Waals surface area contributed by atoms with Crippen LogP contribution in [0.25, 0.3) is 22.4 Å². The molecule has 0 saturated carbocycles. The number of H-pyrrole nitrogens is 1. The Kier molecular flexibility index (Phi) is 2.79. The summed E-state index contributed by atoms with van der Waals surface area (Å²) in [5.41, 5.74) is 4.14. The highest BCUT2D eigenvalue weighted by atomic mass is 15.3. The summed E-state index contributed by atoms with van der Waals surface area (Å²) in [6.07, 6.45) is 0. The molecule has 3 rings (SSSR count). The zero-order valence-corrected chi connectivity index (χ0v) is 10.0. The molecule has 4 heteroatoms. The van der Waals surface area contributed by atoms with Crippen LogP contribution < -0.4 is 0 Å². The molecular weight excluding hydrogens is 236 g/mol. The Morgan fingerprint density at radius 2 is 1.47 bits per heavy atom. The standard InChI is InChI=1S/C15H10N4/c16-10-14-15(18-19-17-14)13-8-6-12(7-9-13)11-4-2-1-3-5-11/h1-9H,(H,17,18,19). The van der Waals surface area contributed by atoms with Gasteiger partial charge in [-0.05, 0) is 11.1 Å². The second-order valence-electron chi connectivity index (χ2n) is 4.09. The molecule has 0 aliphatic carbocycles. The van der Waals surface area contributed by atoms with Gasteiger partial charge in [0.05, 0.1) is 0 Å².